The van der Waals surface area contributed by atoms with Crippen LogP contribution in [-0.2, 0) is 20.6 Å². The van der Waals surface area contributed by atoms with Crippen molar-refractivity contribution in [2.45, 2.75) is 18.3 Å². The zero-order valence-electron chi connectivity index (χ0n) is 16.6. The minimum Gasteiger partial charge on any atom is -0.273 e. The smallest absolute Gasteiger partial charge is 0.273 e. The minimum absolute atomic E-state index is 0.243. The lowest BCUT2D eigenvalue weighted by molar-refractivity contribution is -0.137. The number of halogens is 3. The number of anilines is 2. The lowest BCUT2D eigenvalue weighted by Gasteiger charge is -2.29. The minimum atomic E-state index is -4.54. The number of hydrogen-bond donors (Lipinski definition) is 0. The third-order valence-corrected chi connectivity index (χ3v) is 5.70. The van der Waals surface area contributed by atoms with Crippen LogP contribution in [0.2, 0.25) is 0 Å². The number of carbonyl (C=O) groups is 2. The molecule has 32 heavy (non-hydrogen) atoms. The molecule has 5 rings (SSSR count). The molecule has 162 valence electrons. The number of para-hydroxylation sites is 2. The number of hydroxylamine groups is 1. The van der Waals surface area contributed by atoms with Gasteiger partial charge in [-0.2, -0.15) is 13.2 Å². The Bertz CT molecular complexity index is 1170. The fraction of sp³-hybridized carbons (Fsp3) is 0.167. The van der Waals surface area contributed by atoms with E-state index in [0.717, 1.165) is 17.0 Å². The van der Waals surface area contributed by atoms with Crippen molar-refractivity contribution in [3.8, 4) is 0 Å². The summed E-state index contributed by atoms with van der Waals surface area (Å²) in [4.78, 5) is 33.6. The summed E-state index contributed by atoms with van der Waals surface area (Å²) in [5.74, 6) is -2.04. The van der Waals surface area contributed by atoms with E-state index in [9.17, 15) is 22.8 Å². The maximum Gasteiger partial charge on any atom is 0.416 e. The average Bonchev–Trinajstić information content (AvgIpc) is 3.30. The summed E-state index contributed by atoms with van der Waals surface area (Å²) >= 11 is 0. The Hall–Kier alpha value is -3.65. The van der Waals surface area contributed by atoms with Crippen LogP contribution in [0.25, 0.3) is 0 Å². The van der Waals surface area contributed by atoms with E-state index < -0.39 is 41.6 Å². The summed E-state index contributed by atoms with van der Waals surface area (Å²) in [5, 5.41) is 1.38. The Morgan fingerprint density at radius 1 is 0.750 bits per heavy atom. The Balaban J connectivity index is 1.61. The third-order valence-electron chi connectivity index (χ3n) is 5.70. The van der Waals surface area contributed by atoms with Gasteiger partial charge in [0.15, 0.2) is 6.10 Å². The molecule has 0 bridgehead atoms. The molecular weight excluding hydrogens is 421 g/mol. The molecular formula is C24H17F3N2O3. The van der Waals surface area contributed by atoms with Crippen molar-refractivity contribution in [2.75, 3.05) is 9.96 Å². The first-order valence-electron chi connectivity index (χ1n) is 9.97. The summed E-state index contributed by atoms with van der Waals surface area (Å²) in [7, 11) is 0. The van der Waals surface area contributed by atoms with Gasteiger partial charge in [0.1, 0.15) is 5.92 Å². The highest BCUT2D eigenvalue weighted by molar-refractivity contribution is 6.23. The summed E-state index contributed by atoms with van der Waals surface area (Å²) < 4.78 is 40.2. The van der Waals surface area contributed by atoms with Crippen LogP contribution in [0.3, 0.4) is 0 Å². The largest absolute Gasteiger partial charge is 0.416 e. The van der Waals surface area contributed by atoms with Crippen LogP contribution in [-0.4, -0.2) is 17.9 Å². The van der Waals surface area contributed by atoms with Crippen LogP contribution in [0, 0.1) is 5.92 Å². The number of alkyl halides is 3. The number of fused-ring (bicyclic) bond motifs is 1. The first-order valence-corrected chi connectivity index (χ1v) is 9.97. The average molecular weight is 438 g/mol. The van der Waals surface area contributed by atoms with Crippen LogP contribution < -0.4 is 9.96 Å². The van der Waals surface area contributed by atoms with Crippen LogP contribution in [0.1, 0.15) is 17.2 Å². The lowest BCUT2D eigenvalue weighted by atomic mass is 9.89. The van der Waals surface area contributed by atoms with Crippen molar-refractivity contribution in [3.05, 3.63) is 96.1 Å². The highest BCUT2D eigenvalue weighted by Crippen LogP contribution is 2.48. The molecule has 2 aliphatic rings. The van der Waals surface area contributed by atoms with Crippen LogP contribution in [0.15, 0.2) is 84.9 Å². The van der Waals surface area contributed by atoms with Gasteiger partial charge < -0.3 is 0 Å². The number of rotatable bonds is 3. The topological polar surface area (TPSA) is 49.9 Å². The van der Waals surface area contributed by atoms with Gasteiger partial charge in [0.05, 0.1) is 23.0 Å². The Kier molecular flexibility index (Phi) is 4.74. The molecule has 2 heterocycles. The number of hydrogen-bond acceptors (Lipinski definition) is 4. The molecule has 3 unspecified atom stereocenters. The van der Waals surface area contributed by atoms with Crippen molar-refractivity contribution in [2.24, 2.45) is 5.92 Å². The highest BCUT2D eigenvalue weighted by atomic mass is 19.4. The molecule has 2 fully saturated rings. The molecule has 3 aromatic carbocycles. The number of amides is 2. The van der Waals surface area contributed by atoms with Gasteiger partial charge in [-0.25, -0.2) is 9.96 Å². The molecule has 2 saturated heterocycles. The second-order valence-corrected chi connectivity index (χ2v) is 7.63. The van der Waals surface area contributed by atoms with Gasteiger partial charge in [-0.3, -0.25) is 14.4 Å². The third kappa shape index (κ3) is 3.23. The monoisotopic (exact) mass is 438 g/mol. The molecule has 2 amide bonds. The van der Waals surface area contributed by atoms with Gasteiger partial charge in [-0.05, 0) is 42.0 Å². The molecule has 2 aliphatic heterocycles. The zero-order chi connectivity index (χ0) is 22.5. The van der Waals surface area contributed by atoms with Gasteiger partial charge in [-0.1, -0.05) is 48.5 Å². The maximum atomic E-state index is 13.4. The predicted molar refractivity (Wildman–Crippen MR) is 110 cm³/mol. The van der Waals surface area contributed by atoms with Crippen LogP contribution in [0.4, 0.5) is 24.5 Å². The number of nitrogens with zero attached hydrogens (tertiary/aromatic N) is 2. The van der Waals surface area contributed by atoms with E-state index in [0.29, 0.717) is 11.4 Å². The Morgan fingerprint density at radius 3 is 2.00 bits per heavy atom. The van der Waals surface area contributed by atoms with E-state index in [1.54, 1.807) is 60.7 Å². The molecule has 5 nitrogen and oxygen atoms in total. The first kappa shape index (κ1) is 20.3. The van der Waals surface area contributed by atoms with Gasteiger partial charge in [0, 0.05) is 0 Å². The molecule has 0 spiro atoms. The van der Waals surface area contributed by atoms with Gasteiger partial charge in [0.25, 0.3) is 5.91 Å². The van der Waals surface area contributed by atoms with E-state index in [4.69, 9.17) is 4.84 Å². The fourth-order valence-electron chi connectivity index (χ4n) is 4.28. The highest BCUT2D eigenvalue weighted by Gasteiger charge is 2.60. The lowest BCUT2D eigenvalue weighted by Crippen LogP contribution is -2.37. The SMILES string of the molecule is O=C1C2ON(c3ccccc3)C(c3cccc(C(F)(F)F)c3)C2C(=O)N1c1ccccc1. The van der Waals surface area contributed by atoms with Gasteiger partial charge >= 0.3 is 6.18 Å². The molecule has 0 saturated carbocycles. The molecule has 0 radical (unpaired) electrons. The Labute approximate surface area is 181 Å². The summed E-state index contributed by atoms with van der Waals surface area (Å²) in [6, 6.07) is 21.0. The van der Waals surface area contributed by atoms with Gasteiger partial charge in [0.2, 0.25) is 5.91 Å². The summed E-state index contributed by atoms with van der Waals surface area (Å²) in [6.07, 6.45) is -5.68. The van der Waals surface area contributed by atoms with Crippen LogP contribution in [0.5, 0.6) is 0 Å². The fourth-order valence-corrected chi connectivity index (χ4v) is 4.28. The molecule has 0 aliphatic carbocycles. The Morgan fingerprint density at radius 2 is 1.38 bits per heavy atom. The normalized spacial score (nSPS) is 23.0. The molecule has 8 heteroatoms. The molecule has 0 aromatic heterocycles. The van der Waals surface area contributed by atoms with Crippen molar-refractivity contribution in [3.63, 3.8) is 0 Å². The first-order chi connectivity index (χ1) is 15.4. The standard InChI is InChI=1S/C24H17F3N2O3/c25-24(26,27)16-9-7-8-15(14-16)20-19-21(32-29(20)18-12-5-2-6-13-18)23(31)28(22(19)30)17-10-3-1-4-11-17/h1-14,19-21H. The van der Waals surface area contributed by atoms with Crippen molar-refractivity contribution in [1.82, 2.24) is 0 Å². The molecule has 0 N–H and O–H groups in total. The molecule has 3 aromatic rings. The van der Waals surface area contributed by atoms with E-state index in [1.165, 1.54) is 17.2 Å². The van der Waals surface area contributed by atoms with E-state index in [2.05, 4.69) is 0 Å². The summed E-state index contributed by atoms with van der Waals surface area (Å²) in [6.45, 7) is 0. The second-order valence-electron chi connectivity index (χ2n) is 7.63. The quantitative estimate of drug-likeness (QED) is 0.554. The summed E-state index contributed by atoms with van der Waals surface area (Å²) in [5.41, 5.74) is 0.348. The van der Waals surface area contributed by atoms with E-state index >= 15 is 0 Å². The van der Waals surface area contributed by atoms with E-state index in [-0.39, 0.29) is 5.56 Å². The number of carbonyl (C=O) groups excluding carboxylic acids is 2. The maximum absolute atomic E-state index is 13.4. The van der Waals surface area contributed by atoms with Crippen LogP contribution >= 0.6 is 0 Å². The van der Waals surface area contributed by atoms with E-state index in [1.807, 2.05) is 0 Å². The zero-order valence-corrected chi connectivity index (χ0v) is 16.6. The van der Waals surface area contributed by atoms with Crippen molar-refractivity contribution < 1.29 is 27.6 Å². The number of imide groups is 1. The van der Waals surface area contributed by atoms with Gasteiger partial charge in [-0.15, -0.1) is 0 Å². The number of benzene rings is 3. The van der Waals surface area contributed by atoms with Crippen molar-refractivity contribution in [1.29, 1.82) is 0 Å². The second kappa shape index (κ2) is 7.49. The molecule has 3 atom stereocenters. The predicted octanol–water partition coefficient (Wildman–Crippen LogP) is 4.76. The van der Waals surface area contributed by atoms with Crippen molar-refractivity contribution >= 4 is 23.2 Å².